The lowest BCUT2D eigenvalue weighted by atomic mass is 10.2. The van der Waals surface area contributed by atoms with Crippen LogP contribution in [0.15, 0.2) is 34.1 Å². The molecule has 0 spiro atoms. The molecule has 1 aliphatic rings. The molecule has 2 aromatic rings. The first kappa shape index (κ1) is 24.7. The van der Waals surface area contributed by atoms with Crippen LogP contribution < -0.4 is 10.9 Å². The second-order valence-corrected chi connectivity index (χ2v) is 10.5. The minimum Gasteiger partial charge on any atom is -0.324 e. The molecule has 1 amide bonds. The SMILES string of the molecule is Cc1ccc(NC(=O)[C@@H](C)n2ncc(Cl)c(Cl)c2=O)cc1S(=O)(=O)N1CCCN(C)CC1. The van der Waals surface area contributed by atoms with Gasteiger partial charge in [-0.2, -0.15) is 9.40 Å². The Labute approximate surface area is 197 Å². The van der Waals surface area contributed by atoms with Crippen molar-refractivity contribution in [2.45, 2.75) is 31.2 Å². The number of nitrogens with one attached hydrogen (secondary N) is 1. The molecule has 1 aromatic carbocycles. The molecular weight excluding hydrogens is 477 g/mol. The molecular formula is C20H25Cl2N5O4S. The topological polar surface area (TPSA) is 105 Å². The van der Waals surface area contributed by atoms with E-state index in [1.54, 1.807) is 19.1 Å². The van der Waals surface area contributed by atoms with Gasteiger partial charge in [0, 0.05) is 25.3 Å². The fourth-order valence-electron chi connectivity index (χ4n) is 3.42. The van der Waals surface area contributed by atoms with Crippen molar-refractivity contribution in [3.63, 3.8) is 0 Å². The Kier molecular flexibility index (Phi) is 7.61. The lowest BCUT2D eigenvalue weighted by molar-refractivity contribution is -0.119. The fourth-order valence-corrected chi connectivity index (χ4v) is 5.40. The Morgan fingerprint density at radius 1 is 1.19 bits per heavy atom. The molecule has 0 saturated carbocycles. The summed E-state index contributed by atoms with van der Waals surface area (Å²) in [6.45, 7) is 5.51. The van der Waals surface area contributed by atoms with Gasteiger partial charge in [-0.3, -0.25) is 9.59 Å². The summed E-state index contributed by atoms with van der Waals surface area (Å²) < 4.78 is 29.0. The second kappa shape index (κ2) is 9.88. The van der Waals surface area contributed by atoms with E-state index in [9.17, 15) is 18.0 Å². The average molecular weight is 502 g/mol. The number of benzene rings is 1. The Hall–Kier alpha value is -1.98. The number of likely N-dealkylation sites (N-methyl/N-ethyl adjacent to an activating group) is 1. The van der Waals surface area contributed by atoms with Crippen molar-refractivity contribution in [2.24, 2.45) is 0 Å². The summed E-state index contributed by atoms with van der Waals surface area (Å²) in [6.07, 6.45) is 1.93. The van der Waals surface area contributed by atoms with Gasteiger partial charge in [-0.1, -0.05) is 29.3 Å². The zero-order valence-electron chi connectivity index (χ0n) is 18.0. The van der Waals surface area contributed by atoms with Gasteiger partial charge in [0.25, 0.3) is 5.56 Å². The predicted molar refractivity (Wildman–Crippen MR) is 124 cm³/mol. The number of aryl methyl sites for hydroxylation is 1. The quantitative estimate of drug-likeness (QED) is 0.674. The van der Waals surface area contributed by atoms with Crippen LogP contribution >= 0.6 is 23.2 Å². The summed E-state index contributed by atoms with van der Waals surface area (Å²) in [5, 5.41) is 6.29. The van der Waals surface area contributed by atoms with Crippen molar-refractivity contribution in [3.8, 4) is 0 Å². The molecule has 1 N–H and O–H groups in total. The average Bonchev–Trinajstić information content (AvgIpc) is 2.98. The van der Waals surface area contributed by atoms with E-state index in [2.05, 4.69) is 15.3 Å². The molecule has 0 aliphatic carbocycles. The van der Waals surface area contributed by atoms with Crippen molar-refractivity contribution in [1.82, 2.24) is 19.0 Å². The van der Waals surface area contributed by atoms with Gasteiger partial charge in [0.05, 0.1) is 16.1 Å². The number of hydrogen-bond acceptors (Lipinski definition) is 6. The van der Waals surface area contributed by atoms with Gasteiger partial charge in [-0.25, -0.2) is 13.1 Å². The molecule has 1 aromatic heterocycles. The number of sulfonamides is 1. The van der Waals surface area contributed by atoms with Crippen molar-refractivity contribution in [1.29, 1.82) is 0 Å². The summed E-state index contributed by atoms with van der Waals surface area (Å²) >= 11 is 11.6. The van der Waals surface area contributed by atoms with Crippen LogP contribution in [0, 0.1) is 6.92 Å². The van der Waals surface area contributed by atoms with Crippen LogP contribution in [0.3, 0.4) is 0 Å². The van der Waals surface area contributed by atoms with Crippen LogP contribution in [-0.4, -0.2) is 66.5 Å². The van der Waals surface area contributed by atoms with Crippen molar-refractivity contribution in [3.05, 3.63) is 50.4 Å². The number of carbonyl (C=O) groups is 1. The first-order valence-electron chi connectivity index (χ1n) is 10.1. The van der Waals surface area contributed by atoms with Crippen LogP contribution in [-0.2, 0) is 14.8 Å². The highest BCUT2D eigenvalue weighted by atomic mass is 35.5. The van der Waals surface area contributed by atoms with Gasteiger partial charge < -0.3 is 10.2 Å². The summed E-state index contributed by atoms with van der Waals surface area (Å²) in [5.74, 6) is -0.554. The number of rotatable bonds is 5. The van der Waals surface area contributed by atoms with Gasteiger partial charge >= 0.3 is 0 Å². The maximum Gasteiger partial charge on any atom is 0.287 e. The molecule has 1 aliphatic heterocycles. The lowest BCUT2D eigenvalue weighted by Crippen LogP contribution is -2.35. The van der Waals surface area contributed by atoms with E-state index in [0.717, 1.165) is 17.6 Å². The molecule has 0 radical (unpaired) electrons. The van der Waals surface area contributed by atoms with Crippen LogP contribution in [0.1, 0.15) is 24.9 Å². The molecule has 1 atom stereocenters. The summed E-state index contributed by atoms with van der Waals surface area (Å²) in [6, 6.07) is 3.69. The molecule has 174 valence electrons. The number of anilines is 1. The highest BCUT2D eigenvalue weighted by molar-refractivity contribution is 7.89. The standard InChI is InChI=1S/C20H25Cl2N5O4S/c1-13-5-6-15(11-17(13)32(30,31)26-8-4-7-25(3)9-10-26)24-19(28)14(2)27-20(29)18(22)16(21)12-23-27/h5-6,11-12,14H,4,7-10H2,1-3H3,(H,24,28)/t14-/m1/s1. The van der Waals surface area contributed by atoms with E-state index in [1.165, 1.54) is 23.5 Å². The molecule has 0 bridgehead atoms. The molecule has 1 saturated heterocycles. The molecule has 2 heterocycles. The van der Waals surface area contributed by atoms with Gasteiger partial charge in [0.1, 0.15) is 11.1 Å². The highest BCUT2D eigenvalue weighted by Gasteiger charge is 2.28. The first-order chi connectivity index (χ1) is 15.0. The third kappa shape index (κ3) is 5.15. The third-order valence-electron chi connectivity index (χ3n) is 5.40. The third-order valence-corrected chi connectivity index (χ3v) is 8.19. The van der Waals surface area contributed by atoms with Crippen LogP contribution in [0.4, 0.5) is 5.69 Å². The zero-order chi connectivity index (χ0) is 23.6. The minimum absolute atomic E-state index is 0.00591. The van der Waals surface area contributed by atoms with E-state index in [1.807, 2.05) is 7.05 Å². The van der Waals surface area contributed by atoms with Crippen molar-refractivity contribution < 1.29 is 13.2 Å². The predicted octanol–water partition coefficient (Wildman–Crippen LogP) is 2.38. The molecule has 12 heteroatoms. The van der Waals surface area contributed by atoms with Crippen LogP contribution in [0.5, 0.6) is 0 Å². The smallest absolute Gasteiger partial charge is 0.287 e. The largest absolute Gasteiger partial charge is 0.324 e. The van der Waals surface area contributed by atoms with Crippen molar-refractivity contribution >= 4 is 44.8 Å². The second-order valence-electron chi connectivity index (χ2n) is 7.76. The van der Waals surface area contributed by atoms with Gasteiger partial charge in [-0.05, 0) is 51.6 Å². The first-order valence-corrected chi connectivity index (χ1v) is 12.2. The summed E-state index contributed by atoms with van der Waals surface area (Å²) in [5.41, 5.74) is 0.183. The number of hydrogen-bond donors (Lipinski definition) is 1. The molecule has 0 unspecified atom stereocenters. The van der Waals surface area contributed by atoms with Gasteiger partial charge in [0.15, 0.2) is 0 Å². The lowest BCUT2D eigenvalue weighted by Gasteiger charge is -2.22. The minimum atomic E-state index is -3.73. The van der Waals surface area contributed by atoms with Gasteiger partial charge in [-0.15, -0.1) is 0 Å². The molecule has 1 fully saturated rings. The Balaban J connectivity index is 1.85. The highest BCUT2D eigenvalue weighted by Crippen LogP contribution is 2.25. The van der Waals surface area contributed by atoms with E-state index >= 15 is 0 Å². The Morgan fingerprint density at radius 2 is 1.91 bits per heavy atom. The van der Waals surface area contributed by atoms with Crippen LogP contribution in [0.2, 0.25) is 10.0 Å². The normalized spacial score (nSPS) is 17.0. The maximum absolute atomic E-state index is 13.3. The van der Waals surface area contributed by atoms with E-state index in [-0.39, 0.29) is 14.9 Å². The number of amides is 1. The summed E-state index contributed by atoms with van der Waals surface area (Å²) in [4.78, 5) is 27.2. The number of nitrogens with zero attached hydrogens (tertiary/aromatic N) is 4. The van der Waals surface area contributed by atoms with E-state index < -0.39 is 27.5 Å². The van der Waals surface area contributed by atoms with Crippen LogP contribution in [0.25, 0.3) is 0 Å². The number of aromatic nitrogens is 2. The molecule has 32 heavy (non-hydrogen) atoms. The van der Waals surface area contributed by atoms with Gasteiger partial charge in [0.2, 0.25) is 15.9 Å². The number of carbonyl (C=O) groups excluding carboxylic acids is 1. The van der Waals surface area contributed by atoms with E-state index in [0.29, 0.717) is 30.9 Å². The Morgan fingerprint density at radius 3 is 2.62 bits per heavy atom. The molecule has 9 nitrogen and oxygen atoms in total. The summed E-state index contributed by atoms with van der Waals surface area (Å²) in [7, 11) is -1.77. The van der Waals surface area contributed by atoms with E-state index in [4.69, 9.17) is 23.2 Å². The molecule has 3 rings (SSSR count). The fraction of sp³-hybridized carbons (Fsp3) is 0.450. The Bertz CT molecular complexity index is 1180. The van der Waals surface area contributed by atoms with Crippen molar-refractivity contribution in [2.75, 3.05) is 38.5 Å². The zero-order valence-corrected chi connectivity index (χ0v) is 20.3. The maximum atomic E-state index is 13.3. The number of halogens is 2. The monoisotopic (exact) mass is 501 g/mol.